The Bertz CT molecular complexity index is 918. The molecule has 0 radical (unpaired) electrons. The number of para-hydroxylation sites is 1. The summed E-state index contributed by atoms with van der Waals surface area (Å²) in [7, 11) is 0. The first-order valence-electron chi connectivity index (χ1n) is 7.11. The van der Waals surface area contributed by atoms with Gasteiger partial charge in [0.2, 0.25) is 0 Å². The summed E-state index contributed by atoms with van der Waals surface area (Å²) >= 11 is 0. The number of carbonyl (C=O) groups excluding carboxylic acids is 2. The zero-order valence-electron chi connectivity index (χ0n) is 12.5. The van der Waals surface area contributed by atoms with E-state index in [2.05, 4.69) is 5.32 Å². The molecule has 1 aromatic heterocycles. The van der Waals surface area contributed by atoms with Gasteiger partial charge in [-0.05, 0) is 36.4 Å². The second-order valence-corrected chi connectivity index (χ2v) is 5.01. The number of anilines is 1. The fraction of sp³-hybridized carbons (Fsp3) is 0. The molecule has 0 bridgehead atoms. The maximum absolute atomic E-state index is 13.8. The lowest BCUT2D eigenvalue weighted by Gasteiger charge is -2.07. The van der Waals surface area contributed by atoms with Crippen molar-refractivity contribution in [2.45, 2.75) is 0 Å². The number of carbonyl (C=O) groups is 2. The molecule has 3 aromatic rings. The minimum atomic E-state index is -0.655. The first-order valence-corrected chi connectivity index (χ1v) is 7.11. The summed E-state index contributed by atoms with van der Waals surface area (Å²) in [5.74, 6) is -1.43. The predicted molar refractivity (Wildman–Crippen MR) is 87.0 cm³/mol. The van der Waals surface area contributed by atoms with Crippen LogP contribution in [-0.4, -0.2) is 11.8 Å². The fourth-order valence-corrected chi connectivity index (χ4v) is 2.26. The maximum atomic E-state index is 13.8. The van der Waals surface area contributed by atoms with Gasteiger partial charge in [0.05, 0.1) is 16.8 Å². The molecule has 0 atom stereocenters. The van der Waals surface area contributed by atoms with E-state index in [4.69, 9.17) is 10.2 Å². The highest BCUT2D eigenvalue weighted by atomic mass is 19.1. The normalized spacial score (nSPS) is 10.4. The van der Waals surface area contributed by atoms with Gasteiger partial charge in [-0.3, -0.25) is 9.59 Å². The van der Waals surface area contributed by atoms with E-state index in [0.29, 0.717) is 0 Å². The number of nitrogens with one attached hydrogen (secondary N) is 1. The number of hydrogen-bond acceptors (Lipinski definition) is 3. The van der Waals surface area contributed by atoms with Gasteiger partial charge < -0.3 is 15.5 Å². The van der Waals surface area contributed by atoms with E-state index in [1.807, 2.05) is 0 Å². The number of rotatable bonds is 4. The van der Waals surface area contributed by atoms with E-state index in [9.17, 15) is 14.0 Å². The van der Waals surface area contributed by atoms with Gasteiger partial charge in [0.15, 0.2) is 5.76 Å². The molecule has 120 valence electrons. The van der Waals surface area contributed by atoms with E-state index in [0.717, 1.165) is 0 Å². The van der Waals surface area contributed by atoms with Crippen molar-refractivity contribution in [1.82, 2.24) is 0 Å². The minimum absolute atomic E-state index is 0.00692. The third-order valence-corrected chi connectivity index (χ3v) is 3.41. The molecule has 2 aromatic carbocycles. The Balaban J connectivity index is 1.85. The molecule has 0 fully saturated rings. The van der Waals surface area contributed by atoms with Gasteiger partial charge >= 0.3 is 0 Å². The third kappa shape index (κ3) is 3.03. The molecule has 24 heavy (non-hydrogen) atoms. The van der Waals surface area contributed by atoms with Crippen LogP contribution in [0.4, 0.5) is 10.1 Å². The summed E-state index contributed by atoms with van der Waals surface area (Å²) in [4.78, 5) is 23.6. The molecule has 0 aliphatic carbocycles. The molecule has 0 saturated heterocycles. The van der Waals surface area contributed by atoms with Crippen LogP contribution in [0.1, 0.15) is 20.9 Å². The number of benzene rings is 2. The van der Waals surface area contributed by atoms with E-state index in [1.165, 1.54) is 24.3 Å². The van der Waals surface area contributed by atoms with Crippen LogP contribution in [0.15, 0.2) is 65.1 Å². The second kappa shape index (κ2) is 6.37. The van der Waals surface area contributed by atoms with Gasteiger partial charge in [-0.25, -0.2) is 4.39 Å². The van der Waals surface area contributed by atoms with Crippen LogP contribution in [0.2, 0.25) is 0 Å². The molecule has 3 rings (SSSR count). The maximum Gasteiger partial charge on any atom is 0.291 e. The van der Waals surface area contributed by atoms with Gasteiger partial charge in [0, 0.05) is 0 Å². The number of nitrogens with two attached hydrogens (primary N) is 1. The van der Waals surface area contributed by atoms with Crippen LogP contribution >= 0.6 is 0 Å². The van der Waals surface area contributed by atoms with Crippen molar-refractivity contribution in [2.75, 3.05) is 5.32 Å². The van der Waals surface area contributed by atoms with E-state index in [1.54, 1.807) is 36.4 Å². The molecule has 3 N–H and O–H groups in total. The highest BCUT2D eigenvalue weighted by molar-refractivity contribution is 6.07. The van der Waals surface area contributed by atoms with Crippen molar-refractivity contribution >= 4 is 17.5 Å². The van der Waals surface area contributed by atoms with Gasteiger partial charge in [-0.2, -0.15) is 0 Å². The molecular weight excluding hydrogens is 311 g/mol. The summed E-state index contributed by atoms with van der Waals surface area (Å²) in [5.41, 5.74) is 5.99. The van der Waals surface area contributed by atoms with Gasteiger partial charge in [-0.1, -0.05) is 24.3 Å². The van der Waals surface area contributed by atoms with Crippen LogP contribution in [0.25, 0.3) is 11.3 Å². The Morgan fingerprint density at radius 2 is 1.67 bits per heavy atom. The molecule has 0 spiro atoms. The first kappa shape index (κ1) is 15.5. The highest BCUT2D eigenvalue weighted by Crippen LogP contribution is 2.25. The zero-order valence-corrected chi connectivity index (χ0v) is 12.5. The van der Waals surface area contributed by atoms with E-state index in [-0.39, 0.29) is 28.3 Å². The van der Waals surface area contributed by atoms with Crippen LogP contribution in [0.3, 0.4) is 0 Å². The second-order valence-electron chi connectivity index (χ2n) is 5.01. The lowest BCUT2D eigenvalue weighted by Crippen LogP contribution is -2.17. The van der Waals surface area contributed by atoms with Crippen molar-refractivity contribution < 1.29 is 18.4 Å². The van der Waals surface area contributed by atoms with Crippen molar-refractivity contribution in [3.05, 3.63) is 77.8 Å². The smallest absolute Gasteiger partial charge is 0.291 e. The standard InChI is InChI=1S/C18H13FN2O3/c19-13-7-3-1-5-11(13)15-9-10-16(24-15)18(23)21-14-8-4-2-6-12(14)17(20)22/h1-10H,(H2,20,22)(H,21,23). The molecule has 0 unspecified atom stereocenters. The Morgan fingerprint density at radius 3 is 2.42 bits per heavy atom. The first-order chi connectivity index (χ1) is 11.6. The number of furan rings is 1. The Labute approximate surface area is 136 Å². The number of primary amides is 1. The third-order valence-electron chi connectivity index (χ3n) is 3.41. The number of hydrogen-bond donors (Lipinski definition) is 2. The average Bonchev–Trinajstić information content (AvgIpc) is 3.05. The average molecular weight is 324 g/mol. The molecule has 5 nitrogen and oxygen atoms in total. The lowest BCUT2D eigenvalue weighted by molar-refractivity contribution is 0.0997. The Morgan fingerprint density at radius 1 is 0.958 bits per heavy atom. The molecule has 0 saturated carbocycles. The minimum Gasteiger partial charge on any atom is -0.451 e. The largest absolute Gasteiger partial charge is 0.451 e. The zero-order chi connectivity index (χ0) is 17.1. The van der Waals surface area contributed by atoms with Crippen molar-refractivity contribution in [1.29, 1.82) is 0 Å². The quantitative estimate of drug-likeness (QED) is 0.771. The van der Waals surface area contributed by atoms with Crippen LogP contribution in [0.5, 0.6) is 0 Å². The lowest BCUT2D eigenvalue weighted by atomic mass is 10.1. The van der Waals surface area contributed by atoms with Crippen molar-refractivity contribution in [3.63, 3.8) is 0 Å². The van der Waals surface area contributed by atoms with Gasteiger partial charge in [0.25, 0.3) is 11.8 Å². The summed E-state index contributed by atoms with van der Waals surface area (Å²) in [6, 6.07) is 15.4. The van der Waals surface area contributed by atoms with Gasteiger partial charge in [-0.15, -0.1) is 0 Å². The molecule has 0 aliphatic rings. The predicted octanol–water partition coefficient (Wildman–Crippen LogP) is 3.44. The summed E-state index contributed by atoms with van der Waals surface area (Å²) in [6.07, 6.45) is 0. The molecule has 6 heteroatoms. The van der Waals surface area contributed by atoms with Crippen LogP contribution in [-0.2, 0) is 0 Å². The summed E-state index contributed by atoms with van der Waals surface area (Å²) < 4.78 is 19.2. The van der Waals surface area contributed by atoms with Crippen LogP contribution in [0, 0.1) is 5.82 Å². The molecule has 1 heterocycles. The molecular formula is C18H13FN2O3. The SMILES string of the molecule is NC(=O)c1ccccc1NC(=O)c1ccc(-c2ccccc2F)o1. The van der Waals surface area contributed by atoms with E-state index >= 15 is 0 Å². The topological polar surface area (TPSA) is 85.3 Å². The summed E-state index contributed by atoms with van der Waals surface area (Å²) in [6.45, 7) is 0. The Kier molecular flexibility index (Phi) is 4.11. The number of halogens is 1. The summed E-state index contributed by atoms with van der Waals surface area (Å²) in [5, 5.41) is 2.56. The van der Waals surface area contributed by atoms with Gasteiger partial charge in [0.1, 0.15) is 11.6 Å². The van der Waals surface area contributed by atoms with Crippen molar-refractivity contribution in [2.24, 2.45) is 5.73 Å². The van der Waals surface area contributed by atoms with Crippen LogP contribution < -0.4 is 11.1 Å². The Hall–Kier alpha value is -3.41. The van der Waals surface area contributed by atoms with E-state index < -0.39 is 17.6 Å². The fourth-order valence-electron chi connectivity index (χ4n) is 2.26. The number of amides is 2. The molecule has 2 amide bonds. The molecule has 0 aliphatic heterocycles. The highest BCUT2D eigenvalue weighted by Gasteiger charge is 2.16. The monoisotopic (exact) mass is 324 g/mol. The van der Waals surface area contributed by atoms with Crippen molar-refractivity contribution in [3.8, 4) is 11.3 Å².